The SMILES string of the molecule is C=CCCCN(C)C(=NCc1ccc(N2CCCC2=O)cc1)NCC.I. The summed E-state index contributed by atoms with van der Waals surface area (Å²) in [5.41, 5.74) is 2.13. The number of hydrogen-bond acceptors (Lipinski definition) is 2. The van der Waals surface area contributed by atoms with Crippen molar-refractivity contribution >= 4 is 41.5 Å². The molecule has 1 aliphatic rings. The largest absolute Gasteiger partial charge is 0.357 e. The van der Waals surface area contributed by atoms with Crippen LogP contribution in [0.1, 0.15) is 38.2 Å². The van der Waals surface area contributed by atoms with Gasteiger partial charge >= 0.3 is 0 Å². The Hall–Kier alpha value is -1.57. The molecule has 0 spiro atoms. The lowest BCUT2D eigenvalue weighted by Gasteiger charge is -2.22. The summed E-state index contributed by atoms with van der Waals surface area (Å²) in [5, 5.41) is 3.34. The molecule has 0 atom stereocenters. The van der Waals surface area contributed by atoms with Gasteiger partial charge in [0.05, 0.1) is 6.54 Å². The molecule has 144 valence electrons. The highest BCUT2D eigenvalue weighted by molar-refractivity contribution is 14.0. The van der Waals surface area contributed by atoms with Crippen molar-refractivity contribution in [2.45, 2.75) is 39.2 Å². The van der Waals surface area contributed by atoms with E-state index in [2.05, 4.69) is 42.9 Å². The first-order chi connectivity index (χ1) is 12.2. The molecular formula is C20H31IN4O. The number of halogens is 1. The summed E-state index contributed by atoms with van der Waals surface area (Å²) >= 11 is 0. The number of hydrogen-bond donors (Lipinski definition) is 1. The normalized spacial score (nSPS) is 14.2. The molecule has 1 heterocycles. The minimum absolute atomic E-state index is 0. The molecule has 26 heavy (non-hydrogen) atoms. The molecule has 0 aromatic heterocycles. The number of unbranched alkanes of at least 4 members (excludes halogenated alkanes) is 1. The molecule has 0 radical (unpaired) electrons. The summed E-state index contributed by atoms with van der Waals surface area (Å²) in [7, 11) is 2.06. The van der Waals surface area contributed by atoms with E-state index >= 15 is 0 Å². The minimum Gasteiger partial charge on any atom is -0.357 e. The summed E-state index contributed by atoms with van der Waals surface area (Å²) in [5.74, 6) is 1.15. The number of guanidine groups is 1. The lowest BCUT2D eigenvalue weighted by molar-refractivity contribution is -0.117. The van der Waals surface area contributed by atoms with Crippen molar-refractivity contribution in [3.05, 3.63) is 42.5 Å². The van der Waals surface area contributed by atoms with Crippen molar-refractivity contribution in [1.29, 1.82) is 0 Å². The summed E-state index contributed by atoms with van der Waals surface area (Å²) in [6.45, 7) is 9.10. The van der Waals surface area contributed by atoms with Crippen LogP contribution in [-0.4, -0.2) is 43.4 Å². The number of aliphatic imine (C=N–C) groups is 1. The van der Waals surface area contributed by atoms with E-state index in [0.29, 0.717) is 13.0 Å². The van der Waals surface area contributed by atoms with Crippen molar-refractivity contribution in [2.75, 3.05) is 31.6 Å². The van der Waals surface area contributed by atoms with Crippen LogP contribution in [0.4, 0.5) is 5.69 Å². The zero-order valence-electron chi connectivity index (χ0n) is 15.9. The maximum Gasteiger partial charge on any atom is 0.227 e. The number of anilines is 1. The van der Waals surface area contributed by atoms with Crippen molar-refractivity contribution in [1.82, 2.24) is 10.2 Å². The predicted octanol–water partition coefficient (Wildman–Crippen LogP) is 3.79. The highest BCUT2D eigenvalue weighted by Crippen LogP contribution is 2.21. The summed E-state index contributed by atoms with van der Waals surface area (Å²) in [6, 6.07) is 8.17. The number of nitrogens with zero attached hydrogens (tertiary/aromatic N) is 3. The first-order valence-electron chi connectivity index (χ1n) is 9.15. The Morgan fingerprint density at radius 2 is 2.12 bits per heavy atom. The number of benzene rings is 1. The summed E-state index contributed by atoms with van der Waals surface area (Å²) in [4.78, 5) is 20.6. The molecule has 0 saturated carbocycles. The van der Waals surface area contributed by atoms with Gasteiger partial charge in [-0.2, -0.15) is 0 Å². The fourth-order valence-electron chi connectivity index (χ4n) is 2.92. The third kappa shape index (κ3) is 6.63. The van der Waals surface area contributed by atoms with Crippen molar-refractivity contribution in [3.63, 3.8) is 0 Å². The van der Waals surface area contributed by atoms with Crippen LogP contribution in [0, 0.1) is 0 Å². The molecule has 1 N–H and O–H groups in total. The molecule has 5 nitrogen and oxygen atoms in total. The third-order valence-electron chi connectivity index (χ3n) is 4.33. The van der Waals surface area contributed by atoms with Gasteiger partial charge in [-0.15, -0.1) is 30.6 Å². The van der Waals surface area contributed by atoms with Crippen LogP contribution in [0.3, 0.4) is 0 Å². The Morgan fingerprint density at radius 1 is 1.38 bits per heavy atom. The van der Waals surface area contributed by atoms with Crippen LogP contribution >= 0.6 is 24.0 Å². The number of amides is 1. The topological polar surface area (TPSA) is 47.9 Å². The van der Waals surface area contributed by atoms with Crippen LogP contribution in [0.2, 0.25) is 0 Å². The second-order valence-electron chi connectivity index (χ2n) is 6.34. The Bertz CT molecular complexity index is 600. The molecule has 0 unspecified atom stereocenters. The molecule has 6 heteroatoms. The van der Waals surface area contributed by atoms with Gasteiger partial charge in [0.1, 0.15) is 0 Å². The van der Waals surface area contributed by atoms with E-state index in [4.69, 9.17) is 4.99 Å². The highest BCUT2D eigenvalue weighted by atomic mass is 127. The molecule has 1 fully saturated rings. The predicted molar refractivity (Wildman–Crippen MR) is 120 cm³/mol. The minimum atomic E-state index is 0. The highest BCUT2D eigenvalue weighted by Gasteiger charge is 2.21. The summed E-state index contributed by atoms with van der Waals surface area (Å²) < 4.78 is 0. The van der Waals surface area contributed by atoms with E-state index in [1.54, 1.807) is 0 Å². The second kappa shape index (κ2) is 11.9. The molecule has 0 bridgehead atoms. The van der Waals surface area contributed by atoms with Gasteiger partial charge in [-0.3, -0.25) is 4.79 Å². The van der Waals surface area contributed by atoms with E-state index < -0.39 is 0 Å². The Kier molecular flexibility index (Phi) is 10.3. The molecule has 0 aliphatic carbocycles. The first-order valence-corrected chi connectivity index (χ1v) is 9.15. The van der Waals surface area contributed by atoms with E-state index in [9.17, 15) is 4.79 Å². The van der Waals surface area contributed by atoms with Gasteiger partial charge in [0.15, 0.2) is 5.96 Å². The van der Waals surface area contributed by atoms with E-state index in [1.807, 2.05) is 23.1 Å². The lowest BCUT2D eigenvalue weighted by atomic mass is 10.2. The van der Waals surface area contributed by atoms with Gasteiger partial charge in [-0.1, -0.05) is 18.2 Å². The van der Waals surface area contributed by atoms with Crippen molar-refractivity contribution in [2.24, 2.45) is 4.99 Å². The van der Waals surface area contributed by atoms with Crippen LogP contribution in [0.25, 0.3) is 0 Å². The number of carbonyl (C=O) groups is 1. The maximum atomic E-state index is 11.8. The van der Waals surface area contributed by atoms with Crippen LogP contribution < -0.4 is 10.2 Å². The van der Waals surface area contributed by atoms with E-state index in [0.717, 1.165) is 56.1 Å². The van der Waals surface area contributed by atoms with Gasteiger partial charge in [0.25, 0.3) is 0 Å². The Labute approximate surface area is 174 Å². The average molecular weight is 470 g/mol. The third-order valence-corrected chi connectivity index (χ3v) is 4.33. The van der Waals surface area contributed by atoms with Crippen LogP contribution in [0.5, 0.6) is 0 Å². The molecule has 1 aromatic carbocycles. The van der Waals surface area contributed by atoms with Gasteiger partial charge in [0.2, 0.25) is 5.91 Å². The van der Waals surface area contributed by atoms with Gasteiger partial charge in [0, 0.05) is 38.8 Å². The first kappa shape index (κ1) is 22.5. The number of allylic oxidation sites excluding steroid dienone is 1. The fourth-order valence-corrected chi connectivity index (χ4v) is 2.92. The monoisotopic (exact) mass is 470 g/mol. The van der Waals surface area contributed by atoms with Crippen LogP contribution in [-0.2, 0) is 11.3 Å². The molecule has 2 rings (SSSR count). The average Bonchev–Trinajstić information content (AvgIpc) is 3.05. The zero-order valence-corrected chi connectivity index (χ0v) is 18.2. The fraction of sp³-hybridized carbons (Fsp3) is 0.500. The molecule has 1 saturated heterocycles. The van der Waals surface area contributed by atoms with E-state index in [-0.39, 0.29) is 29.9 Å². The number of nitrogens with one attached hydrogen (secondary N) is 1. The Balaban J connectivity index is 0.00000338. The van der Waals surface area contributed by atoms with Crippen molar-refractivity contribution < 1.29 is 4.79 Å². The Morgan fingerprint density at radius 3 is 2.69 bits per heavy atom. The number of carbonyl (C=O) groups excluding carboxylic acids is 1. The van der Waals surface area contributed by atoms with Crippen molar-refractivity contribution in [3.8, 4) is 0 Å². The zero-order chi connectivity index (χ0) is 18.1. The van der Waals surface area contributed by atoms with Crippen LogP contribution in [0.15, 0.2) is 41.9 Å². The van der Waals surface area contributed by atoms with Gasteiger partial charge in [-0.25, -0.2) is 4.99 Å². The molecule has 1 aliphatic heterocycles. The smallest absolute Gasteiger partial charge is 0.227 e. The lowest BCUT2D eigenvalue weighted by Crippen LogP contribution is -2.39. The van der Waals surface area contributed by atoms with Gasteiger partial charge < -0.3 is 15.1 Å². The van der Waals surface area contributed by atoms with Gasteiger partial charge in [-0.05, 0) is 43.9 Å². The molecular weight excluding hydrogens is 439 g/mol. The summed E-state index contributed by atoms with van der Waals surface area (Å²) in [6.07, 6.45) is 5.65. The quantitative estimate of drug-likeness (QED) is 0.207. The standard InChI is InChI=1S/C20H30N4O.HI/c1-4-6-7-14-23(3)20(21-5-2)22-16-17-10-12-18(13-11-17)24-15-8-9-19(24)25;/h4,10-13H,1,5-9,14-16H2,2-3H3,(H,21,22);1H. The van der Waals surface area contributed by atoms with E-state index in [1.165, 1.54) is 0 Å². The maximum absolute atomic E-state index is 11.8. The molecule has 1 amide bonds. The second-order valence-corrected chi connectivity index (χ2v) is 6.34. The number of rotatable bonds is 8. The molecule has 1 aromatic rings.